The molecule has 0 heterocycles. The number of amides is 1. The second kappa shape index (κ2) is 7.65. The lowest BCUT2D eigenvalue weighted by Crippen LogP contribution is -2.40. The molecule has 2 aromatic rings. The van der Waals surface area contributed by atoms with E-state index in [9.17, 15) is 13.2 Å². The number of rotatable bonds is 5. The minimum absolute atomic E-state index is 0.110. The molecule has 0 fully saturated rings. The van der Waals surface area contributed by atoms with Crippen LogP contribution in [0.2, 0.25) is 5.02 Å². The van der Waals surface area contributed by atoms with E-state index in [1.807, 2.05) is 0 Å². The predicted molar refractivity (Wildman–Crippen MR) is 102 cm³/mol. The third kappa shape index (κ3) is 4.97. The molecule has 2 aromatic carbocycles. The lowest BCUT2D eigenvalue weighted by atomic mass is 10.1. The molecule has 0 aliphatic heterocycles. The number of carbonyl (C=O) groups is 1. The lowest BCUT2D eigenvalue weighted by Gasteiger charge is -2.21. The molecule has 0 saturated heterocycles. The number of anilines is 1. The Labute approximate surface area is 158 Å². The van der Waals surface area contributed by atoms with Crippen LogP contribution in [0.5, 0.6) is 5.75 Å². The molecule has 6 nitrogen and oxygen atoms in total. The van der Waals surface area contributed by atoms with Gasteiger partial charge in [0.25, 0.3) is 5.91 Å². The summed E-state index contributed by atoms with van der Waals surface area (Å²) >= 11 is 6.04. The molecule has 0 unspecified atom stereocenters. The maximum Gasteiger partial charge on any atom is 0.255 e. The molecule has 0 bridgehead atoms. The summed E-state index contributed by atoms with van der Waals surface area (Å²) in [4.78, 5) is 12.4. The number of benzene rings is 2. The van der Waals surface area contributed by atoms with Crippen LogP contribution in [0.15, 0.2) is 47.4 Å². The molecule has 0 aliphatic carbocycles. The smallest absolute Gasteiger partial charge is 0.255 e. The molecule has 0 spiro atoms. The highest BCUT2D eigenvalue weighted by Crippen LogP contribution is 2.27. The van der Waals surface area contributed by atoms with Gasteiger partial charge in [-0.15, -0.1) is 0 Å². The Balaban J connectivity index is 2.40. The molecule has 26 heavy (non-hydrogen) atoms. The van der Waals surface area contributed by atoms with Crippen molar-refractivity contribution in [1.82, 2.24) is 4.72 Å². The molecular formula is C18H21ClN2O4S. The number of ether oxygens (including phenoxy) is 1. The third-order valence-corrected chi connectivity index (χ3v) is 5.39. The van der Waals surface area contributed by atoms with Gasteiger partial charge in [0, 0.05) is 11.1 Å². The molecule has 140 valence electrons. The van der Waals surface area contributed by atoms with E-state index >= 15 is 0 Å². The van der Waals surface area contributed by atoms with Crippen LogP contribution in [0, 0.1) is 0 Å². The highest BCUT2D eigenvalue weighted by molar-refractivity contribution is 7.89. The van der Waals surface area contributed by atoms with Gasteiger partial charge in [0.1, 0.15) is 10.6 Å². The fourth-order valence-electron chi connectivity index (χ4n) is 2.24. The standard InChI is InChI=1S/C18H21ClN2O4S/c1-18(2,3)21-26(23,24)16-11-12(9-10-15(16)25-4)17(22)20-14-8-6-5-7-13(14)19/h5-11,21H,1-4H3,(H,20,22). The number of carbonyl (C=O) groups excluding carboxylic acids is 1. The normalized spacial score (nSPS) is 11.9. The largest absolute Gasteiger partial charge is 0.495 e. The first-order valence-corrected chi connectivity index (χ1v) is 9.67. The van der Waals surface area contributed by atoms with E-state index in [0.29, 0.717) is 10.7 Å². The Kier molecular flexibility index (Phi) is 5.95. The maximum absolute atomic E-state index is 12.7. The van der Waals surface area contributed by atoms with Crippen LogP contribution in [-0.2, 0) is 10.0 Å². The van der Waals surface area contributed by atoms with Crippen molar-refractivity contribution in [2.75, 3.05) is 12.4 Å². The summed E-state index contributed by atoms with van der Waals surface area (Å²) in [5.74, 6) is -0.330. The number of nitrogens with one attached hydrogen (secondary N) is 2. The Morgan fingerprint density at radius 3 is 2.35 bits per heavy atom. The summed E-state index contributed by atoms with van der Waals surface area (Å²) in [7, 11) is -2.51. The Bertz CT molecular complexity index is 921. The average molecular weight is 397 g/mol. The van der Waals surface area contributed by atoms with Gasteiger partial charge in [0.05, 0.1) is 17.8 Å². The van der Waals surface area contributed by atoms with E-state index in [4.69, 9.17) is 16.3 Å². The van der Waals surface area contributed by atoms with Crippen molar-refractivity contribution >= 4 is 33.2 Å². The van der Waals surface area contributed by atoms with Gasteiger partial charge in [-0.05, 0) is 51.1 Å². The molecule has 0 aromatic heterocycles. The first kappa shape index (κ1) is 20.2. The van der Waals surface area contributed by atoms with E-state index in [1.54, 1.807) is 45.0 Å². The fraction of sp³-hybridized carbons (Fsp3) is 0.278. The monoisotopic (exact) mass is 396 g/mol. The zero-order chi connectivity index (χ0) is 19.5. The molecule has 0 saturated carbocycles. The van der Waals surface area contributed by atoms with E-state index in [-0.39, 0.29) is 16.2 Å². The predicted octanol–water partition coefficient (Wildman–Crippen LogP) is 3.68. The van der Waals surface area contributed by atoms with Crippen LogP contribution in [0.1, 0.15) is 31.1 Å². The second-order valence-electron chi connectivity index (χ2n) is 6.66. The van der Waals surface area contributed by atoms with Crippen molar-refractivity contribution in [2.45, 2.75) is 31.2 Å². The Morgan fingerprint density at radius 2 is 1.77 bits per heavy atom. The van der Waals surface area contributed by atoms with E-state index < -0.39 is 21.5 Å². The van der Waals surface area contributed by atoms with Gasteiger partial charge in [-0.2, -0.15) is 0 Å². The number of methoxy groups -OCH3 is 1. The van der Waals surface area contributed by atoms with Crippen molar-refractivity contribution in [2.24, 2.45) is 0 Å². The Hall–Kier alpha value is -2.09. The van der Waals surface area contributed by atoms with Gasteiger partial charge in [-0.1, -0.05) is 23.7 Å². The van der Waals surface area contributed by atoms with Crippen LogP contribution >= 0.6 is 11.6 Å². The lowest BCUT2D eigenvalue weighted by molar-refractivity contribution is 0.102. The Morgan fingerprint density at radius 1 is 1.12 bits per heavy atom. The van der Waals surface area contributed by atoms with Crippen LogP contribution in [0.4, 0.5) is 5.69 Å². The number of hydrogen-bond donors (Lipinski definition) is 2. The van der Waals surface area contributed by atoms with Crippen LogP contribution in [0.3, 0.4) is 0 Å². The summed E-state index contributed by atoms with van der Waals surface area (Å²) in [5, 5.41) is 3.05. The average Bonchev–Trinajstić information content (AvgIpc) is 2.54. The van der Waals surface area contributed by atoms with Crippen molar-refractivity contribution < 1.29 is 17.9 Å². The van der Waals surface area contributed by atoms with Crippen LogP contribution in [0.25, 0.3) is 0 Å². The minimum atomic E-state index is -3.88. The molecule has 2 N–H and O–H groups in total. The number of hydrogen-bond acceptors (Lipinski definition) is 4. The summed E-state index contributed by atoms with van der Waals surface area (Å²) in [5.41, 5.74) is -0.0770. The molecule has 0 radical (unpaired) electrons. The quantitative estimate of drug-likeness (QED) is 0.807. The van der Waals surface area contributed by atoms with Crippen molar-refractivity contribution in [3.05, 3.63) is 53.1 Å². The summed E-state index contributed by atoms with van der Waals surface area (Å²) < 4.78 is 33.0. The second-order valence-corrected chi connectivity index (χ2v) is 8.71. The van der Waals surface area contributed by atoms with Crippen LogP contribution in [-0.4, -0.2) is 27.0 Å². The number of sulfonamides is 1. The van der Waals surface area contributed by atoms with Gasteiger partial charge in [-0.3, -0.25) is 4.79 Å². The van der Waals surface area contributed by atoms with E-state index in [1.165, 1.54) is 25.3 Å². The minimum Gasteiger partial charge on any atom is -0.495 e. The van der Waals surface area contributed by atoms with Gasteiger partial charge >= 0.3 is 0 Å². The summed E-state index contributed by atoms with van der Waals surface area (Å²) in [6.45, 7) is 5.18. The van der Waals surface area contributed by atoms with Gasteiger partial charge in [0.2, 0.25) is 10.0 Å². The first-order valence-electron chi connectivity index (χ1n) is 7.81. The summed E-state index contributed by atoms with van der Waals surface area (Å²) in [6, 6.07) is 11.0. The van der Waals surface area contributed by atoms with Crippen molar-refractivity contribution in [3.8, 4) is 5.75 Å². The molecule has 0 atom stereocenters. The molecular weight excluding hydrogens is 376 g/mol. The topological polar surface area (TPSA) is 84.5 Å². The van der Waals surface area contributed by atoms with E-state index in [2.05, 4.69) is 10.0 Å². The molecule has 2 rings (SSSR count). The fourth-order valence-corrected chi connectivity index (χ4v) is 4.04. The van der Waals surface area contributed by atoms with Gasteiger partial charge in [-0.25, -0.2) is 13.1 Å². The van der Waals surface area contributed by atoms with Crippen molar-refractivity contribution in [3.63, 3.8) is 0 Å². The molecule has 1 amide bonds. The summed E-state index contributed by atoms with van der Waals surface area (Å²) in [6.07, 6.45) is 0. The highest BCUT2D eigenvalue weighted by atomic mass is 35.5. The van der Waals surface area contributed by atoms with Crippen LogP contribution < -0.4 is 14.8 Å². The molecule has 8 heteroatoms. The van der Waals surface area contributed by atoms with Crippen molar-refractivity contribution in [1.29, 1.82) is 0 Å². The maximum atomic E-state index is 12.7. The first-order chi connectivity index (χ1) is 12.0. The van der Waals surface area contributed by atoms with E-state index in [0.717, 1.165) is 0 Å². The SMILES string of the molecule is COc1ccc(C(=O)Nc2ccccc2Cl)cc1S(=O)(=O)NC(C)(C)C. The highest BCUT2D eigenvalue weighted by Gasteiger charge is 2.26. The zero-order valence-electron chi connectivity index (χ0n) is 15.0. The van der Waals surface area contributed by atoms with Gasteiger partial charge in [0.15, 0.2) is 0 Å². The third-order valence-electron chi connectivity index (χ3n) is 3.28. The number of para-hydroxylation sites is 1. The number of halogens is 1. The molecule has 0 aliphatic rings. The zero-order valence-corrected chi connectivity index (χ0v) is 16.5. The van der Waals surface area contributed by atoms with Gasteiger partial charge < -0.3 is 10.1 Å².